The Morgan fingerprint density at radius 1 is 1.16 bits per heavy atom. The fraction of sp³-hybridized carbons (Fsp3) is 0.211. The van der Waals surface area contributed by atoms with Gasteiger partial charge in [-0.2, -0.15) is 0 Å². The topological polar surface area (TPSA) is 71.7 Å². The molecule has 1 unspecified atom stereocenters. The second-order valence-corrected chi connectivity index (χ2v) is 5.52. The van der Waals surface area contributed by atoms with E-state index in [9.17, 15) is 9.90 Å². The zero-order valence-electron chi connectivity index (χ0n) is 13.8. The number of likely N-dealkylation sites (N-methyl/N-ethyl adjacent to an activating group) is 1. The molecule has 6 heteroatoms. The van der Waals surface area contributed by atoms with E-state index in [1.54, 1.807) is 25.2 Å². The number of aliphatic hydroxyl groups excluding tert-OH is 1. The minimum Gasteiger partial charge on any atom is -0.491 e. The molecule has 5 nitrogen and oxygen atoms in total. The highest BCUT2D eigenvalue weighted by Crippen LogP contribution is 2.24. The summed E-state index contributed by atoms with van der Waals surface area (Å²) >= 11 is 0. The number of benzene rings is 2. The Kier molecular flexibility index (Phi) is 6.58. The summed E-state index contributed by atoms with van der Waals surface area (Å²) < 4.78 is 11.4. The van der Waals surface area contributed by atoms with Gasteiger partial charge in [0.15, 0.2) is 5.43 Å². The minimum atomic E-state index is -0.603. The van der Waals surface area contributed by atoms with Crippen LogP contribution in [0.4, 0.5) is 0 Å². The zero-order valence-corrected chi connectivity index (χ0v) is 14.6. The van der Waals surface area contributed by atoms with Crippen LogP contribution in [0.5, 0.6) is 5.75 Å². The third-order valence-electron chi connectivity index (χ3n) is 3.64. The van der Waals surface area contributed by atoms with Crippen LogP contribution in [0.15, 0.2) is 63.8 Å². The smallest absolute Gasteiger partial charge is 0.193 e. The largest absolute Gasteiger partial charge is 0.491 e. The van der Waals surface area contributed by atoms with E-state index in [0.717, 1.165) is 5.56 Å². The van der Waals surface area contributed by atoms with E-state index in [-0.39, 0.29) is 24.4 Å². The molecule has 0 spiro atoms. The highest BCUT2D eigenvalue weighted by Gasteiger charge is 2.09. The van der Waals surface area contributed by atoms with E-state index < -0.39 is 6.10 Å². The Morgan fingerprint density at radius 3 is 2.64 bits per heavy atom. The lowest BCUT2D eigenvalue weighted by molar-refractivity contribution is 0.108. The fourth-order valence-electron chi connectivity index (χ4n) is 2.46. The van der Waals surface area contributed by atoms with E-state index >= 15 is 0 Å². The number of aliphatic hydroxyl groups is 1. The molecule has 0 saturated carbocycles. The van der Waals surface area contributed by atoms with Crippen molar-refractivity contribution in [1.29, 1.82) is 0 Å². The summed E-state index contributed by atoms with van der Waals surface area (Å²) in [7, 11) is 1.76. The van der Waals surface area contributed by atoms with Crippen LogP contribution in [-0.2, 0) is 0 Å². The van der Waals surface area contributed by atoms with E-state index in [2.05, 4.69) is 5.32 Å². The van der Waals surface area contributed by atoms with E-state index in [4.69, 9.17) is 9.15 Å². The van der Waals surface area contributed by atoms with Crippen LogP contribution >= 0.6 is 12.4 Å². The van der Waals surface area contributed by atoms with Crippen LogP contribution in [0.3, 0.4) is 0 Å². The molecule has 25 heavy (non-hydrogen) atoms. The third-order valence-corrected chi connectivity index (χ3v) is 3.64. The summed E-state index contributed by atoms with van der Waals surface area (Å²) in [6, 6.07) is 16.0. The van der Waals surface area contributed by atoms with E-state index in [0.29, 0.717) is 29.0 Å². The lowest BCUT2D eigenvalue weighted by atomic mass is 10.1. The van der Waals surface area contributed by atoms with Gasteiger partial charge in [-0.1, -0.05) is 30.3 Å². The van der Waals surface area contributed by atoms with Gasteiger partial charge in [0.1, 0.15) is 29.8 Å². The first kappa shape index (κ1) is 19.0. The maximum atomic E-state index is 12.3. The molecule has 3 rings (SSSR count). The molecular formula is C19H20ClNO4. The number of halogens is 1. The zero-order chi connectivity index (χ0) is 16.9. The molecule has 3 aromatic rings. The summed E-state index contributed by atoms with van der Waals surface area (Å²) in [6.07, 6.45) is -0.603. The first-order valence-electron chi connectivity index (χ1n) is 7.76. The summed E-state index contributed by atoms with van der Waals surface area (Å²) in [5.41, 5.74) is 1.20. The molecule has 1 aromatic heterocycles. The van der Waals surface area contributed by atoms with Gasteiger partial charge >= 0.3 is 0 Å². The minimum absolute atomic E-state index is 0. The average Bonchev–Trinajstić information content (AvgIpc) is 2.60. The summed E-state index contributed by atoms with van der Waals surface area (Å²) in [6.45, 7) is 0.607. The molecule has 0 aliphatic carbocycles. The molecule has 0 bridgehead atoms. The van der Waals surface area contributed by atoms with Crippen LogP contribution < -0.4 is 15.5 Å². The van der Waals surface area contributed by atoms with Gasteiger partial charge in [0.2, 0.25) is 0 Å². The van der Waals surface area contributed by atoms with Crippen molar-refractivity contribution in [2.75, 3.05) is 20.2 Å². The predicted octanol–water partition coefficient (Wildman–Crippen LogP) is 2.84. The number of fused-ring (bicyclic) bond motifs is 1. The molecule has 0 radical (unpaired) electrons. The van der Waals surface area contributed by atoms with E-state index in [1.807, 2.05) is 30.3 Å². The molecule has 2 N–H and O–H groups in total. The summed E-state index contributed by atoms with van der Waals surface area (Å²) in [5, 5.41) is 13.1. The first-order chi connectivity index (χ1) is 11.7. The van der Waals surface area contributed by atoms with Crippen molar-refractivity contribution in [2.24, 2.45) is 0 Å². The van der Waals surface area contributed by atoms with Crippen LogP contribution in [0.1, 0.15) is 0 Å². The maximum absolute atomic E-state index is 12.3. The highest BCUT2D eigenvalue weighted by molar-refractivity contribution is 5.85. The van der Waals surface area contributed by atoms with Crippen molar-refractivity contribution >= 4 is 23.4 Å². The number of ether oxygens (including phenoxy) is 1. The fourth-order valence-corrected chi connectivity index (χ4v) is 2.46. The summed E-state index contributed by atoms with van der Waals surface area (Å²) in [4.78, 5) is 12.3. The molecule has 0 saturated heterocycles. The van der Waals surface area contributed by atoms with Gasteiger partial charge in [0.05, 0.1) is 5.39 Å². The van der Waals surface area contributed by atoms with Gasteiger partial charge in [-0.05, 0) is 19.2 Å². The van der Waals surface area contributed by atoms with Crippen LogP contribution in [0, 0.1) is 0 Å². The Morgan fingerprint density at radius 2 is 1.92 bits per heavy atom. The van der Waals surface area contributed by atoms with Crippen molar-refractivity contribution in [2.45, 2.75) is 6.10 Å². The van der Waals surface area contributed by atoms with Gasteiger partial charge in [-0.15, -0.1) is 12.4 Å². The van der Waals surface area contributed by atoms with Crippen molar-refractivity contribution in [3.05, 3.63) is 64.8 Å². The SMILES string of the molecule is CNCC(O)COc1ccc2c(=O)cc(-c3ccccc3)oc2c1.Cl. The van der Waals surface area contributed by atoms with E-state index in [1.165, 1.54) is 6.07 Å². The number of hydrogen-bond donors (Lipinski definition) is 2. The maximum Gasteiger partial charge on any atom is 0.193 e. The third kappa shape index (κ3) is 4.60. The van der Waals surface area contributed by atoms with Crippen molar-refractivity contribution < 1.29 is 14.3 Å². The standard InChI is InChI=1S/C19H19NO4.ClH/c1-20-11-14(21)12-23-15-7-8-16-17(22)10-18(24-19(16)9-15)13-5-3-2-4-6-13;/h2-10,14,20-21H,11-12H2,1H3;1H. The average molecular weight is 362 g/mol. The molecular weight excluding hydrogens is 342 g/mol. The van der Waals surface area contributed by atoms with Gasteiger partial charge in [-0.25, -0.2) is 0 Å². The van der Waals surface area contributed by atoms with Crippen molar-refractivity contribution in [1.82, 2.24) is 5.32 Å². The van der Waals surface area contributed by atoms with Gasteiger partial charge in [-0.3, -0.25) is 4.79 Å². The van der Waals surface area contributed by atoms with Crippen LogP contribution in [0.25, 0.3) is 22.3 Å². The summed E-state index contributed by atoms with van der Waals surface area (Å²) in [5.74, 6) is 1.06. The second kappa shape index (κ2) is 8.67. The molecule has 1 atom stereocenters. The molecule has 2 aromatic carbocycles. The number of nitrogens with one attached hydrogen (secondary N) is 1. The molecule has 0 amide bonds. The quantitative estimate of drug-likeness (QED) is 0.706. The molecule has 132 valence electrons. The van der Waals surface area contributed by atoms with Crippen LogP contribution in [0.2, 0.25) is 0 Å². The van der Waals surface area contributed by atoms with Gasteiger partial charge in [0, 0.05) is 24.2 Å². The van der Waals surface area contributed by atoms with Crippen LogP contribution in [-0.4, -0.2) is 31.4 Å². The normalized spacial score (nSPS) is 11.8. The van der Waals surface area contributed by atoms with Crippen molar-refractivity contribution in [3.63, 3.8) is 0 Å². The molecule has 0 aliphatic rings. The highest BCUT2D eigenvalue weighted by atomic mass is 35.5. The molecule has 0 fully saturated rings. The van der Waals surface area contributed by atoms with Gasteiger partial charge in [0.25, 0.3) is 0 Å². The second-order valence-electron chi connectivity index (χ2n) is 5.52. The van der Waals surface area contributed by atoms with Crippen molar-refractivity contribution in [3.8, 4) is 17.1 Å². The predicted molar refractivity (Wildman–Crippen MR) is 101 cm³/mol. The Labute approximate surface area is 151 Å². The molecule has 0 aliphatic heterocycles. The first-order valence-corrected chi connectivity index (χ1v) is 7.76. The Bertz CT molecular complexity index is 879. The number of hydrogen-bond acceptors (Lipinski definition) is 5. The Balaban J connectivity index is 0.00000225. The lowest BCUT2D eigenvalue weighted by Crippen LogP contribution is -2.29. The number of rotatable bonds is 6. The monoisotopic (exact) mass is 361 g/mol. The lowest BCUT2D eigenvalue weighted by Gasteiger charge is -2.12. The van der Waals surface area contributed by atoms with Gasteiger partial charge < -0.3 is 19.6 Å². The molecule has 1 heterocycles. The Hall–Kier alpha value is -2.34.